The topological polar surface area (TPSA) is 36.7 Å². The van der Waals surface area contributed by atoms with Crippen molar-refractivity contribution in [2.24, 2.45) is 0 Å². The molecular weight excluding hydrogens is 357 g/mol. The molecule has 0 aliphatic rings. The number of likely N-dealkylation sites (N-methyl/N-ethyl adjacent to an activating group) is 1. The summed E-state index contributed by atoms with van der Waals surface area (Å²) < 4.78 is 44.2. The summed E-state index contributed by atoms with van der Waals surface area (Å²) in [6, 6.07) is 8.58. The van der Waals surface area contributed by atoms with E-state index in [2.05, 4.69) is 0 Å². The minimum Gasteiger partial charge on any atom is -0.462 e. The lowest BCUT2D eigenvalue weighted by Crippen LogP contribution is -2.35. The standard InChI is InChI=1S/C20H23F3N2O2/c1-15-7-8-18(27-15)9-10-19(26)25(12-11-24(2)3)14-16-5-4-6-17(13-16)20(21,22)23/h4-10,13H,11-12,14H2,1-3H3/b10-9+. The van der Waals surface area contributed by atoms with Gasteiger partial charge in [-0.15, -0.1) is 0 Å². The van der Waals surface area contributed by atoms with E-state index in [1.165, 1.54) is 17.0 Å². The molecule has 0 N–H and O–H groups in total. The molecule has 0 radical (unpaired) electrons. The van der Waals surface area contributed by atoms with Crippen molar-refractivity contribution in [1.29, 1.82) is 0 Å². The molecule has 146 valence electrons. The first-order chi connectivity index (χ1) is 12.6. The van der Waals surface area contributed by atoms with Crippen LogP contribution in [0, 0.1) is 6.92 Å². The van der Waals surface area contributed by atoms with Crippen LogP contribution >= 0.6 is 0 Å². The number of carbonyl (C=O) groups excluding carboxylic acids is 1. The van der Waals surface area contributed by atoms with Gasteiger partial charge in [0, 0.05) is 25.7 Å². The van der Waals surface area contributed by atoms with Gasteiger partial charge in [-0.25, -0.2) is 0 Å². The molecule has 0 atom stereocenters. The van der Waals surface area contributed by atoms with Crippen LogP contribution in [0.1, 0.15) is 22.6 Å². The molecule has 0 bridgehead atoms. The van der Waals surface area contributed by atoms with Crippen LogP contribution in [0.15, 0.2) is 46.9 Å². The number of rotatable bonds is 7. The van der Waals surface area contributed by atoms with Crippen molar-refractivity contribution in [3.05, 3.63) is 65.1 Å². The Hall–Kier alpha value is -2.54. The van der Waals surface area contributed by atoms with Gasteiger partial charge in [-0.3, -0.25) is 4.79 Å². The van der Waals surface area contributed by atoms with E-state index in [0.717, 1.165) is 17.9 Å². The number of amides is 1. The third-order valence-electron chi connectivity index (χ3n) is 3.91. The van der Waals surface area contributed by atoms with Crippen LogP contribution in [0.3, 0.4) is 0 Å². The molecule has 0 fully saturated rings. The maximum atomic E-state index is 12.9. The molecule has 1 aromatic carbocycles. The largest absolute Gasteiger partial charge is 0.462 e. The number of alkyl halides is 3. The van der Waals surface area contributed by atoms with Gasteiger partial charge in [-0.05, 0) is 56.9 Å². The number of carbonyl (C=O) groups is 1. The SMILES string of the molecule is Cc1ccc(/C=C/C(=O)N(CCN(C)C)Cc2cccc(C(F)(F)F)c2)o1. The van der Waals surface area contributed by atoms with E-state index < -0.39 is 11.7 Å². The van der Waals surface area contributed by atoms with Gasteiger partial charge in [0.2, 0.25) is 5.91 Å². The number of aryl methyl sites for hydroxylation is 1. The number of hydrogen-bond donors (Lipinski definition) is 0. The van der Waals surface area contributed by atoms with Crippen LogP contribution in [0.5, 0.6) is 0 Å². The van der Waals surface area contributed by atoms with Crippen LogP contribution in [-0.4, -0.2) is 42.9 Å². The van der Waals surface area contributed by atoms with Crippen molar-refractivity contribution in [1.82, 2.24) is 9.80 Å². The first-order valence-corrected chi connectivity index (χ1v) is 8.49. The molecule has 2 aromatic rings. The van der Waals surface area contributed by atoms with Crippen molar-refractivity contribution in [3.8, 4) is 0 Å². The molecule has 27 heavy (non-hydrogen) atoms. The minimum atomic E-state index is -4.41. The Bertz CT molecular complexity index is 795. The Kier molecular flexibility index (Phi) is 6.85. The summed E-state index contributed by atoms with van der Waals surface area (Å²) in [6.45, 7) is 2.89. The second kappa shape index (κ2) is 8.90. The summed E-state index contributed by atoms with van der Waals surface area (Å²) in [5, 5.41) is 0. The third kappa shape index (κ3) is 6.60. The zero-order valence-corrected chi connectivity index (χ0v) is 15.6. The van der Waals surface area contributed by atoms with E-state index in [9.17, 15) is 18.0 Å². The summed E-state index contributed by atoms with van der Waals surface area (Å²) in [6.07, 6.45) is -1.47. The van der Waals surface area contributed by atoms with Gasteiger partial charge in [-0.2, -0.15) is 13.2 Å². The zero-order chi connectivity index (χ0) is 20.0. The smallest absolute Gasteiger partial charge is 0.416 e. The second-order valence-electron chi connectivity index (χ2n) is 6.54. The first-order valence-electron chi connectivity index (χ1n) is 8.49. The third-order valence-corrected chi connectivity index (χ3v) is 3.91. The van der Waals surface area contributed by atoms with Crippen molar-refractivity contribution in [2.75, 3.05) is 27.2 Å². The van der Waals surface area contributed by atoms with Crippen LogP contribution in [0.2, 0.25) is 0 Å². The van der Waals surface area contributed by atoms with Crippen LogP contribution < -0.4 is 0 Å². The molecule has 2 rings (SSSR count). The van der Waals surface area contributed by atoms with Gasteiger partial charge >= 0.3 is 6.18 Å². The minimum absolute atomic E-state index is 0.0954. The Balaban J connectivity index is 2.16. The van der Waals surface area contributed by atoms with Crippen molar-refractivity contribution in [2.45, 2.75) is 19.6 Å². The normalized spacial score (nSPS) is 12.1. The van der Waals surface area contributed by atoms with Crippen LogP contribution in [-0.2, 0) is 17.5 Å². The maximum absolute atomic E-state index is 12.9. The second-order valence-corrected chi connectivity index (χ2v) is 6.54. The van der Waals surface area contributed by atoms with E-state index in [4.69, 9.17) is 4.42 Å². The Morgan fingerprint density at radius 2 is 1.89 bits per heavy atom. The fraction of sp³-hybridized carbons (Fsp3) is 0.350. The van der Waals surface area contributed by atoms with E-state index >= 15 is 0 Å². The Morgan fingerprint density at radius 1 is 1.15 bits per heavy atom. The van der Waals surface area contributed by atoms with E-state index in [1.807, 2.05) is 19.0 Å². The van der Waals surface area contributed by atoms with Crippen molar-refractivity contribution in [3.63, 3.8) is 0 Å². The lowest BCUT2D eigenvalue weighted by Gasteiger charge is -2.23. The summed E-state index contributed by atoms with van der Waals surface area (Å²) in [5.41, 5.74) is -0.291. The van der Waals surface area contributed by atoms with Gasteiger partial charge < -0.3 is 14.2 Å². The molecule has 0 unspecified atom stereocenters. The van der Waals surface area contributed by atoms with Gasteiger partial charge in [0.25, 0.3) is 0 Å². The summed E-state index contributed by atoms with van der Waals surface area (Å²) >= 11 is 0. The highest BCUT2D eigenvalue weighted by molar-refractivity contribution is 5.91. The Morgan fingerprint density at radius 3 is 2.48 bits per heavy atom. The Labute approximate surface area is 156 Å². The first kappa shape index (κ1) is 20.8. The molecular formula is C20H23F3N2O2. The predicted molar refractivity (Wildman–Crippen MR) is 97.9 cm³/mol. The predicted octanol–water partition coefficient (Wildman–Crippen LogP) is 4.21. The number of furan rings is 1. The molecule has 0 spiro atoms. The van der Waals surface area contributed by atoms with Gasteiger partial charge in [0.15, 0.2) is 0 Å². The van der Waals surface area contributed by atoms with Crippen molar-refractivity contribution < 1.29 is 22.4 Å². The lowest BCUT2D eigenvalue weighted by molar-refractivity contribution is -0.137. The van der Waals surface area contributed by atoms with Gasteiger partial charge in [0.05, 0.1) is 5.56 Å². The highest BCUT2D eigenvalue weighted by atomic mass is 19.4. The summed E-state index contributed by atoms with van der Waals surface area (Å²) in [7, 11) is 3.74. The maximum Gasteiger partial charge on any atom is 0.416 e. The highest BCUT2D eigenvalue weighted by Crippen LogP contribution is 2.29. The molecule has 0 aliphatic heterocycles. The van der Waals surface area contributed by atoms with Crippen molar-refractivity contribution >= 4 is 12.0 Å². The molecule has 1 heterocycles. The fourth-order valence-electron chi connectivity index (χ4n) is 2.46. The quantitative estimate of drug-likeness (QED) is 0.675. The van der Waals surface area contributed by atoms with E-state index in [-0.39, 0.29) is 12.5 Å². The monoisotopic (exact) mass is 380 g/mol. The lowest BCUT2D eigenvalue weighted by atomic mass is 10.1. The summed E-state index contributed by atoms with van der Waals surface area (Å²) in [4.78, 5) is 16.0. The van der Waals surface area contributed by atoms with Crippen LogP contribution in [0.25, 0.3) is 6.08 Å². The number of halogens is 3. The highest BCUT2D eigenvalue weighted by Gasteiger charge is 2.30. The number of benzene rings is 1. The average Bonchev–Trinajstić information content (AvgIpc) is 3.01. The fourth-order valence-corrected chi connectivity index (χ4v) is 2.46. The number of hydrogen-bond acceptors (Lipinski definition) is 3. The molecule has 7 heteroatoms. The molecule has 1 amide bonds. The molecule has 4 nitrogen and oxygen atoms in total. The van der Waals surface area contributed by atoms with Gasteiger partial charge in [0.1, 0.15) is 11.5 Å². The zero-order valence-electron chi connectivity index (χ0n) is 15.6. The number of nitrogens with zero attached hydrogens (tertiary/aromatic N) is 2. The van der Waals surface area contributed by atoms with E-state index in [0.29, 0.717) is 24.4 Å². The molecule has 0 saturated carbocycles. The average molecular weight is 380 g/mol. The molecule has 0 saturated heterocycles. The summed E-state index contributed by atoms with van der Waals surface area (Å²) in [5.74, 6) is 0.992. The van der Waals surface area contributed by atoms with Crippen LogP contribution in [0.4, 0.5) is 13.2 Å². The van der Waals surface area contributed by atoms with E-state index in [1.54, 1.807) is 31.2 Å². The molecule has 1 aromatic heterocycles. The molecule has 0 aliphatic carbocycles. The van der Waals surface area contributed by atoms with Gasteiger partial charge in [-0.1, -0.05) is 12.1 Å².